The first-order valence-corrected chi connectivity index (χ1v) is 17.0. The summed E-state index contributed by atoms with van der Waals surface area (Å²) in [6, 6.07) is 10.6. The summed E-state index contributed by atoms with van der Waals surface area (Å²) in [6.07, 6.45) is 15.4. The second-order valence-electron chi connectivity index (χ2n) is 12.4. The molecule has 2 aromatic carbocycles. The fourth-order valence-electron chi connectivity index (χ4n) is 6.12. The molecule has 1 aliphatic rings. The highest BCUT2D eigenvalue weighted by Crippen LogP contribution is 2.49. The maximum Gasteiger partial charge on any atom is 0.303 e. The van der Waals surface area contributed by atoms with E-state index < -0.39 is 11.9 Å². The van der Waals surface area contributed by atoms with Crippen molar-refractivity contribution in [1.82, 2.24) is 0 Å². The molecule has 0 radical (unpaired) electrons. The Labute approximate surface area is 269 Å². The standard InChI is InChI=1S/C37H54N2O6/c1-4-6-8-10-12-14-23-39(24-15-13-11-9-7-5-2)28-20-18-27(19-21-28)33-36(44)35(37(33)45)34-30(40)25-29(26-31(34)41)38(3)22-16-17-32(42)43/h18-21,25-26,35,40-41,44H,4-17,22-24H2,1-3H3,(H,42,43). The van der Waals surface area contributed by atoms with Gasteiger partial charge < -0.3 is 30.2 Å². The van der Waals surface area contributed by atoms with Crippen molar-refractivity contribution in [2.75, 3.05) is 36.5 Å². The molecule has 0 fully saturated rings. The van der Waals surface area contributed by atoms with E-state index in [1.165, 1.54) is 76.3 Å². The smallest absolute Gasteiger partial charge is 0.303 e. The number of aliphatic carboxylic acids is 1. The zero-order valence-electron chi connectivity index (χ0n) is 27.6. The van der Waals surface area contributed by atoms with Crippen LogP contribution in [0.5, 0.6) is 11.5 Å². The van der Waals surface area contributed by atoms with E-state index in [1.54, 1.807) is 11.9 Å². The maximum absolute atomic E-state index is 13.3. The highest BCUT2D eigenvalue weighted by Gasteiger charge is 2.44. The van der Waals surface area contributed by atoms with Crippen molar-refractivity contribution in [3.05, 3.63) is 53.3 Å². The van der Waals surface area contributed by atoms with Gasteiger partial charge in [-0.05, 0) is 37.0 Å². The van der Waals surface area contributed by atoms with Gasteiger partial charge in [0.15, 0.2) is 5.78 Å². The molecule has 1 unspecified atom stereocenters. The molecular weight excluding hydrogens is 568 g/mol. The van der Waals surface area contributed by atoms with Gasteiger partial charge in [-0.15, -0.1) is 0 Å². The summed E-state index contributed by atoms with van der Waals surface area (Å²) in [5, 5.41) is 41.4. The van der Waals surface area contributed by atoms with Crippen LogP contribution in [0.25, 0.3) is 5.57 Å². The number of carboxylic acids is 1. The summed E-state index contributed by atoms with van der Waals surface area (Å²) in [6.45, 7) is 6.88. The molecular formula is C37H54N2O6. The van der Waals surface area contributed by atoms with Crippen LogP contribution in [0.15, 0.2) is 42.2 Å². The number of carbonyl (C=O) groups is 2. The lowest BCUT2D eigenvalue weighted by atomic mass is 9.74. The zero-order valence-corrected chi connectivity index (χ0v) is 27.6. The van der Waals surface area contributed by atoms with Crippen molar-refractivity contribution in [1.29, 1.82) is 0 Å². The molecule has 0 heterocycles. The topological polar surface area (TPSA) is 122 Å². The van der Waals surface area contributed by atoms with Crippen LogP contribution in [0.2, 0.25) is 0 Å². The molecule has 1 atom stereocenters. The molecule has 0 bridgehead atoms. The quantitative estimate of drug-likeness (QED) is 0.0964. The van der Waals surface area contributed by atoms with Crippen molar-refractivity contribution >= 4 is 28.7 Å². The molecule has 0 amide bonds. The first-order chi connectivity index (χ1) is 21.7. The van der Waals surface area contributed by atoms with E-state index in [-0.39, 0.29) is 40.6 Å². The Bertz CT molecular complexity index is 1230. The second-order valence-corrected chi connectivity index (χ2v) is 12.4. The number of unbranched alkanes of at least 4 members (excludes halogenated alkanes) is 10. The van der Waals surface area contributed by atoms with Gasteiger partial charge in [0.25, 0.3) is 0 Å². The number of rotatable bonds is 22. The van der Waals surface area contributed by atoms with Crippen molar-refractivity contribution in [3.8, 4) is 11.5 Å². The molecule has 45 heavy (non-hydrogen) atoms. The van der Waals surface area contributed by atoms with Gasteiger partial charge in [-0.1, -0.05) is 90.2 Å². The van der Waals surface area contributed by atoms with Gasteiger partial charge in [-0.25, -0.2) is 0 Å². The number of carboxylic acid groups (broad SMARTS) is 1. The third-order valence-electron chi connectivity index (χ3n) is 8.86. The third-order valence-corrected chi connectivity index (χ3v) is 8.86. The molecule has 0 aliphatic heterocycles. The Morgan fingerprint density at radius 3 is 1.71 bits per heavy atom. The maximum atomic E-state index is 13.3. The lowest BCUT2D eigenvalue weighted by Gasteiger charge is -2.30. The Balaban J connectivity index is 1.70. The summed E-state index contributed by atoms with van der Waals surface area (Å²) >= 11 is 0. The molecule has 8 nitrogen and oxygen atoms in total. The predicted octanol–water partition coefficient (Wildman–Crippen LogP) is 8.56. The van der Waals surface area contributed by atoms with Gasteiger partial charge in [0.05, 0.1) is 11.1 Å². The average Bonchev–Trinajstić information content (AvgIpc) is 3.01. The molecule has 3 rings (SSSR count). The predicted molar refractivity (Wildman–Crippen MR) is 183 cm³/mol. The summed E-state index contributed by atoms with van der Waals surface area (Å²) in [5.41, 5.74) is 2.40. The number of phenols is 2. The second kappa shape index (κ2) is 18.3. The molecule has 8 heteroatoms. The largest absolute Gasteiger partial charge is 0.510 e. The van der Waals surface area contributed by atoms with Crippen LogP contribution in [0, 0.1) is 0 Å². The molecule has 2 aromatic rings. The van der Waals surface area contributed by atoms with E-state index in [0.717, 1.165) is 31.6 Å². The zero-order chi connectivity index (χ0) is 32.8. The number of nitrogens with zero attached hydrogens (tertiary/aromatic N) is 2. The van der Waals surface area contributed by atoms with Crippen LogP contribution < -0.4 is 9.80 Å². The van der Waals surface area contributed by atoms with Crippen molar-refractivity contribution in [3.63, 3.8) is 0 Å². The summed E-state index contributed by atoms with van der Waals surface area (Å²) in [5.74, 6) is -3.15. The van der Waals surface area contributed by atoms with Crippen molar-refractivity contribution in [2.24, 2.45) is 0 Å². The van der Waals surface area contributed by atoms with Gasteiger partial charge in [-0.3, -0.25) is 9.59 Å². The van der Waals surface area contributed by atoms with E-state index in [4.69, 9.17) is 5.11 Å². The molecule has 4 N–H and O–H groups in total. The number of benzene rings is 2. The SMILES string of the molecule is CCCCCCCCN(CCCCCCCC)c1ccc(C2=C(O)C(c3c(O)cc(N(C)CCCC(=O)O)cc3O)C2=O)cc1. The summed E-state index contributed by atoms with van der Waals surface area (Å²) < 4.78 is 0. The number of allylic oxidation sites excluding steroid dienone is 2. The lowest BCUT2D eigenvalue weighted by molar-refractivity contribution is -0.137. The van der Waals surface area contributed by atoms with Gasteiger partial charge in [-0.2, -0.15) is 0 Å². The molecule has 0 saturated heterocycles. The number of hydrogen-bond acceptors (Lipinski definition) is 7. The highest BCUT2D eigenvalue weighted by molar-refractivity contribution is 6.32. The van der Waals surface area contributed by atoms with Crippen LogP contribution in [-0.2, 0) is 9.59 Å². The van der Waals surface area contributed by atoms with Crippen LogP contribution in [-0.4, -0.2) is 58.9 Å². The van der Waals surface area contributed by atoms with E-state index >= 15 is 0 Å². The molecule has 1 aliphatic carbocycles. The van der Waals surface area contributed by atoms with Gasteiger partial charge >= 0.3 is 5.97 Å². The fourth-order valence-corrected chi connectivity index (χ4v) is 6.12. The summed E-state index contributed by atoms with van der Waals surface area (Å²) in [4.78, 5) is 28.3. The van der Waals surface area contributed by atoms with Gasteiger partial charge in [0, 0.05) is 56.6 Å². The fraction of sp³-hybridized carbons (Fsp3) is 0.568. The minimum Gasteiger partial charge on any atom is -0.510 e. The van der Waals surface area contributed by atoms with Gasteiger partial charge in [0.1, 0.15) is 23.2 Å². The normalized spacial score (nSPS) is 14.5. The van der Waals surface area contributed by atoms with E-state index in [1.807, 2.05) is 24.3 Å². The number of aliphatic hydroxyl groups excluding tert-OH is 1. The summed E-state index contributed by atoms with van der Waals surface area (Å²) in [7, 11) is 1.73. The number of hydrogen-bond donors (Lipinski definition) is 4. The van der Waals surface area contributed by atoms with Crippen molar-refractivity contribution < 1.29 is 30.0 Å². The number of anilines is 2. The lowest BCUT2D eigenvalue weighted by Crippen LogP contribution is -2.29. The Hall–Kier alpha value is -3.68. The van der Waals surface area contributed by atoms with Crippen LogP contribution in [0.4, 0.5) is 11.4 Å². The molecule has 0 aromatic heterocycles. The number of carbonyl (C=O) groups excluding carboxylic acids is 1. The Kier molecular flexibility index (Phi) is 14.6. The van der Waals surface area contributed by atoms with Crippen LogP contribution in [0.3, 0.4) is 0 Å². The third kappa shape index (κ3) is 10.2. The van der Waals surface area contributed by atoms with E-state index in [2.05, 4.69) is 18.7 Å². The number of Topliss-reactive ketones (excluding diaryl/α,β-unsaturated/α-hetero) is 1. The minimum absolute atomic E-state index is 0.00959. The van der Waals surface area contributed by atoms with Gasteiger partial charge in [0.2, 0.25) is 0 Å². The first kappa shape index (κ1) is 35.8. The Morgan fingerprint density at radius 1 is 0.711 bits per heavy atom. The van der Waals surface area contributed by atoms with E-state index in [0.29, 0.717) is 24.2 Å². The van der Waals surface area contributed by atoms with Crippen LogP contribution in [0.1, 0.15) is 121 Å². The van der Waals surface area contributed by atoms with Crippen molar-refractivity contribution in [2.45, 2.75) is 110 Å². The minimum atomic E-state index is -1.14. The Morgan fingerprint density at radius 2 is 1.22 bits per heavy atom. The number of aliphatic hydroxyl groups is 1. The molecule has 0 saturated carbocycles. The highest BCUT2D eigenvalue weighted by atomic mass is 16.4. The van der Waals surface area contributed by atoms with Crippen LogP contribution >= 0.6 is 0 Å². The first-order valence-electron chi connectivity index (χ1n) is 17.0. The number of aromatic hydroxyl groups is 2. The number of ketones is 1. The number of phenolic OH excluding ortho intramolecular Hbond substituents is 2. The molecule has 248 valence electrons. The van der Waals surface area contributed by atoms with E-state index in [9.17, 15) is 24.9 Å². The monoisotopic (exact) mass is 622 g/mol. The molecule has 0 spiro atoms. The average molecular weight is 623 g/mol.